The third kappa shape index (κ3) is 3.30. The normalized spacial score (nSPS) is 10.6. The molecule has 2 aromatic rings. The monoisotopic (exact) mass is 386 g/mol. The molecule has 0 fully saturated rings. The number of benzene rings is 2. The van der Waals surface area contributed by atoms with Gasteiger partial charge in [-0.25, -0.2) is 54.5 Å². The zero-order valence-corrected chi connectivity index (χ0v) is 11.8. The Hall–Kier alpha value is -3.18. The number of carbonyl (C=O) groups excluding carboxylic acids is 2. The SMILES string of the molecule is O=C(OOC(=O)c1c(F)c(F)cc(F)c1F)c1c(F)c(F)cc(F)c1F. The van der Waals surface area contributed by atoms with Crippen LogP contribution in [0.15, 0.2) is 12.1 Å². The Morgan fingerprint density at radius 3 is 1.00 bits per heavy atom. The molecule has 138 valence electrons. The van der Waals surface area contributed by atoms with E-state index >= 15 is 0 Å². The van der Waals surface area contributed by atoms with Crippen LogP contribution in [0.4, 0.5) is 35.1 Å². The molecule has 0 aliphatic rings. The first-order valence-electron chi connectivity index (χ1n) is 6.15. The Balaban J connectivity index is 2.28. The van der Waals surface area contributed by atoms with E-state index in [1.54, 1.807) is 0 Å². The Bertz CT molecular complexity index is 800. The lowest BCUT2D eigenvalue weighted by Crippen LogP contribution is -2.18. The summed E-state index contributed by atoms with van der Waals surface area (Å²) in [7, 11) is 0. The highest BCUT2D eigenvalue weighted by atomic mass is 19.2. The number of halogens is 8. The Morgan fingerprint density at radius 2 is 0.769 bits per heavy atom. The van der Waals surface area contributed by atoms with Crippen molar-refractivity contribution < 1.29 is 54.5 Å². The summed E-state index contributed by atoms with van der Waals surface area (Å²) in [5.41, 5.74) is -3.94. The molecule has 0 bridgehead atoms. The summed E-state index contributed by atoms with van der Waals surface area (Å²) in [6.07, 6.45) is 0. The summed E-state index contributed by atoms with van der Waals surface area (Å²) in [5, 5.41) is 0. The Labute approximate surface area is 137 Å². The van der Waals surface area contributed by atoms with E-state index < -0.39 is 69.6 Å². The smallest absolute Gasteiger partial charge is 0.241 e. The fourth-order valence-electron chi connectivity index (χ4n) is 1.66. The second kappa shape index (κ2) is 6.98. The topological polar surface area (TPSA) is 52.6 Å². The highest BCUT2D eigenvalue weighted by molar-refractivity contribution is 5.93. The lowest BCUT2D eigenvalue weighted by atomic mass is 10.2. The van der Waals surface area contributed by atoms with Crippen LogP contribution in [0.5, 0.6) is 0 Å². The molecule has 0 unspecified atom stereocenters. The zero-order valence-electron chi connectivity index (χ0n) is 11.8. The van der Waals surface area contributed by atoms with Crippen molar-refractivity contribution in [3.8, 4) is 0 Å². The van der Waals surface area contributed by atoms with E-state index in [0.717, 1.165) is 0 Å². The molecule has 0 N–H and O–H groups in total. The molecule has 4 nitrogen and oxygen atoms in total. The maximum absolute atomic E-state index is 13.3. The molecule has 0 saturated heterocycles. The highest BCUT2D eigenvalue weighted by Crippen LogP contribution is 2.22. The van der Waals surface area contributed by atoms with E-state index in [9.17, 15) is 44.7 Å². The van der Waals surface area contributed by atoms with Crippen LogP contribution in [0, 0.1) is 46.5 Å². The molecule has 12 heteroatoms. The van der Waals surface area contributed by atoms with Gasteiger partial charge < -0.3 is 0 Å². The highest BCUT2D eigenvalue weighted by Gasteiger charge is 2.30. The van der Waals surface area contributed by atoms with Gasteiger partial charge in [0.2, 0.25) is 0 Å². The minimum Gasteiger partial charge on any atom is -0.241 e. The van der Waals surface area contributed by atoms with E-state index in [2.05, 4.69) is 9.78 Å². The van der Waals surface area contributed by atoms with Gasteiger partial charge in [0.05, 0.1) is 0 Å². The minimum absolute atomic E-state index is 0.242. The van der Waals surface area contributed by atoms with Crippen LogP contribution in [0.25, 0.3) is 0 Å². The van der Waals surface area contributed by atoms with Gasteiger partial charge in [0.15, 0.2) is 46.5 Å². The minimum atomic E-state index is -2.32. The van der Waals surface area contributed by atoms with Crippen molar-refractivity contribution >= 4 is 11.9 Å². The van der Waals surface area contributed by atoms with E-state index in [1.165, 1.54) is 0 Å². The average Bonchev–Trinajstić information content (AvgIpc) is 2.57. The molecule has 0 aliphatic heterocycles. The molecule has 0 spiro atoms. The van der Waals surface area contributed by atoms with Gasteiger partial charge in [0, 0.05) is 12.1 Å². The molecule has 2 aromatic carbocycles. The number of rotatable bonds is 2. The predicted octanol–water partition coefficient (Wildman–Crippen LogP) is 3.73. The van der Waals surface area contributed by atoms with Crippen LogP contribution in [0.3, 0.4) is 0 Å². The maximum atomic E-state index is 13.3. The van der Waals surface area contributed by atoms with Crippen LogP contribution >= 0.6 is 0 Å². The molecule has 0 atom stereocenters. The molecule has 0 amide bonds. The van der Waals surface area contributed by atoms with Gasteiger partial charge in [0.1, 0.15) is 11.1 Å². The van der Waals surface area contributed by atoms with Gasteiger partial charge in [-0.1, -0.05) is 0 Å². The molecule has 0 radical (unpaired) electrons. The van der Waals surface area contributed by atoms with Crippen molar-refractivity contribution in [2.45, 2.75) is 0 Å². The van der Waals surface area contributed by atoms with Gasteiger partial charge in [0.25, 0.3) is 0 Å². The molecule has 0 saturated carbocycles. The van der Waals surface area contributed by atoms with Crippen molar-refractivity contribution in [3.05, 3.63) is 69.8 Å². The van der Waals surface area contributed by atoms with Crippen LogP contribution < -0.4 is 0 Å². The molecule has 0 aromatic heterocycles. The summed E-state index contributed by atoms with van der Waals surface area (Å²) in [6.45, 7) is 0. The average molecular weight is 386 g/mol. The van der Waals surface area contributed by atoms with Crippen molar-refractivity contribution in [1.29, 1.82) is 0 Å². The molecule has 0 aliphatic carbocycles. The number of hydrogen-bond acceptors (Lipinski definition) is 4. The second-order valence-electron chi connectivity index (χ2n) is 4.43. The summed E-state index contributed by atoms with van der Waals surface area (Å²) in [5.74, 6) is -21.6. The third-order valence-electron chi connectivity index (χ3n) is 2.82. The standard InChI is InChI=1S/C14H2F8O4/c15-3-1-4(16)10(20)7(9(3)19)13(23)25-26-14(24)8-11(21)5(17)2-6(18)12(8)22/h1-2H. The van der Waals surface area contributed by atoms with Crippen molar-refractivity contribution in [2.75, 3.05) is 0 Å². The third-order valence-corrected chi connectivity index (χ3v) is 2.82. The molecular formula is C14H2F8O4. The van der Waals surface area contributed by atoms with Gasteiger partial charge in [-0.15, -0.1) is 0 Å². The van der Waals surface area contributed by atoms with Crippen LogP contribution in [0.2, 0.25) is 0 Å². The fourth-order valence-corrected chi connectivity index (χ4v) is 1.66. The van der Waals surface area contributed by atoms with Crippen LogP contribution in [0.1, 0.15) is 20.7 Å². The maximum Gasteiger partial charge on any atom is 0.392 e. The first kappa shape index (κ1) is 19.1. The second-order valence-corrected chi connectivity index (χ2v) is 4.43. The summed E-state index contributed by atoms with van der Waals surface area (Å²) in [6, 6.07) is -0.485. The predicted molar refractivity (Wildman–Crippen MR) is 63.4 cm³/mol. The fraction of sp³-hybridized carbons (Fsp3) is 0. The van der Waals surface area contributed by atoms with Gasteiger partial charge >= 0.3 is 11.9 Å². The first-order valence-corrected chi connectivity index (χ1v) is 6.15. The van der Waals surface area contributed by atoms with Crippen LogP contribution in [-0.4, -0.2) is 11.9 Å². The van der Waals surface area contributed by atoms with E-state index in [-0.39, 0.29) is 12.1 Å². The summed E-state index contributed by atoms with van der Waals surface area (Å²) in [4.78, 5) is 29.8. The van der Waals surface area contributed by atoms with E-state index in [0.29, 0.717) is 0 Å². The number of hydrogen-bond donors (Lipinski definition) is 0. The Kier molecular flexibility index (Phi) is 5.14. The van der Waals surface area contributed by atoms with Gasteiger partial charge in [-0.3, -0.25) is 0 Å². The lowest BCUT2D eigenvalue weighted by molar-refractivity contribution is -0.188. The summed E-state index contributed by atoms with van der Waals surface area (Å²) >= 11 is 0. The zero-order chi connectivity index (χ0) is 19.8. The van der Waals surface area contributed by atoms with Gasteiger partial charge in [-0.2, -0.15) is 0 Å². The van der Waals surface area contributed by atoms with Crippen molar-refractivity contribution in [3.63, 3.8) is 0 Å². The summed E-state index contributed by atoms with van der Waals surface area (Å²) < 4.78 is 105. The number of carbonyl (C=O) groups is 2. The van der Waals surface area contributed by atoms with E-state index in [1.807, 2.05) is 0 Å². The first-order chi connectivity index (χ1) is 12.1. The van der Waals surface area contributed by atoms with E-state index in [4.69, 9.17) is 0 Å². The largest absolute Gasteiger partial charge is 0.392 e. The molecule has 2 rings (SSSR count). The van der Waals surface area contributed by atoms with Crippen LogP contribution in [-0.2, 0) is 9.78 Å². The molecule has 0 heterocycles. The molecule has 26 heavy (non-hydrogen) atoms. The van der Waals surface area contributed by atoms with Crippen molar-refractivity contribution in [1.82, 2.24) is 0 Å². The Morgan fingerprint density at radius 1 is 0.538 bits per heavy atom. The molecular weight excluding hydrogens is 384 g/mol. The lowest BCUT2D eigenvalue weighted by Gasteiger charge is -2.08. The van der Waals surface area contributed by atoms with Crippen molar-refractivity contribution in [2.24, 2.45) is 0 Å². The van der Waals surface area contributed by atoms with Gasteiger partial charge in [-0.05, 0) is 0 Å². The quantitative estimate of drug-likeness (QED) is 0.342.